The maximum atomic E-state index is 11.7. The Morgan fingerprint density at radius 3 is 2.62 bits per heavy atom. The summed E-state index contributed by atoms with van der Waals surface area (Å²) in [6.07, 6.45) is 0. The second-order valence-corrected chi connectivity index (χ2v) is 6.02. The Morgan fingerprint density at radius 1 is 1.50 bits per heavy atom. The highest BCUT2D eigenvalue weighted by Crippen LogP contribution is 2.22. The number of hydrogen-bond donors (Lipinski definition) is 1. The number of carbonyl (C=O) groups excluding carboxylic acids is 1. The van der Waals surface area contributed by atoms with E-state index in [4.69, 9.17) is 5.26 Å². The van der Waals surface area contributed by atoms with Crippen LogP contribution < -0.4 is 5.32 Å². The van der Waals surface area contributed by atoms with E-state index >= 15 is 0 Å². The summed E-state index contributed by atoms with van der Waals surface area (Å²) in [7, 11) is 0. The van der Waals surface area contributed by atoms with Crippen LogP contribution in [0.2, 0.25) is 0 Å². The Bertz CT molecular complexity index is 455. The summed E-state index contributed by atoms with van der Waals surface area (Å²) < 4.78 is -0.649. The minimum Gasteiger partial charge on any atom is -0.324 e. The zero-order chi connectivity index (χ0) is 12.3. The van der Waals surface area contributed by atoms with Crippen LogP contribution in [0.5, 0.6) is 0 Å². The summed E-state index contributed by atoms with van der Waals surface area (Å²) in [5.41, 5.74) is 1.92. The third-order valence-corrected chi connectivity index (χ3v) is 2.53. The SMILES string of the molecule is Cc1cccc(NC(=O)C(C)(C)Br)c1C#N. The average molecular weight is 281 g/mol. The van der Waals surface area contributed by atoms with E-state index in [1.807, 2.05) is 19.1 Å². The minimum atomic E-state index is -0.649. The van der Waals surface area contributed by atoms with E-state index < -0.39 is 4.32 Å². The number of nitrogens with one attached hydrogen (secondary N) is 1. The largest absolute Gasteiger partial charge is 0.324 e. The monoisotopic (exact) mass is 280 g/mol. The first-order valence-electron chi connectivity index (χ1n) is 4.86. The molecule has 0 radical (unpaired) electrons. The van der Waals surface area contributed by atoms with Crippen molar-refractivity contribution in [2.75, 3.05) is 5.32 Å². The first-order valence-corrected chi connectivity index (χ1v) is 5.65. The fourth-order valence-electron chi connectivity index (χ4n) is 1.19. The molecule has 0 heterocycles. The molecular weight excluding hydrogens is 268 g/mol. The number of nitriles is 1. The molecule has 0 bridgehead atoms. The maximum Gasteiger partial charge on any atom is 0.240 e. The highest BCUT2D eigenvalue weighted by Gasteiger charge is 2.24. The lowest BCUT2D eigenvalue weighted by Gasteiger charge is -2.16. The lowest BCUT2D eigenvalue weighted by atomic mass is 10.1. The molecule has 1 N–H and O–H groups in total. The molecule has 0 fully saturated rings. The van der Waals surface area contributed by atoms with Crippen LogP contribution in [0, 0.1) is 18.3 Å². The molecule has 0 aliphatic rings. The number of alkyl halides is 1. The summed E-state index contributed by atoms with van der Waals surface area (Å²) >= 11 is 3.27. The number of halogens is 1. The van der Waals surface area contributed by atoms with Gasteiger partial charge >= 0.3 is 0 Å². The number of carbonyl (C=O) groups is 1. The van der Waals surface area contributed by atoms with Crippen molar-refractivity contribution in [1.82, 2.24) is 0 Å². The second kappa shape index (κ2) is 4.67. The number of aryl methyl sites for hydroxylation is 1. The van der Waals surface area contributed by atoms with Crippen molar-refractivity contribution in [1.29, 1.82) is 5.26 Å². The van der Waals surface area contributed by atoms with Gasteiger partial charge in [-0.25, -0.2) is 0 Å². The standard InChI is InChI=1S/C12H13BrN2O/c1-8-5-4-6-10(9(8)7-14)15-11(16)12(2,3)13/h4-6H,1-3H3,(H,15,16). The molecule has 3 nitrogen and oxygen atoms in total. The molecule has 4 heteroatoms. The topological polar surface area (TPSA) is 52.9 Å². The van der Waals surface area contributed by atoms with Crippen molar-refractivity contribution < 1.29 is 4.79 Å². The Balaban J connectivity index is 3.04. The van der Waals surface area contributed by atoms with Gasteiger partial charge in [0.05, 0.1) is 15.6 Å². The van der Waals surface area contributed by atoms with Crippen LogP contribution in [0.15, 0.2) is 18.2 Å². The summed E-state index contributed by atoms with van der Waals surface area (Å²) in [5.74, 6) is -0.172. The van der Waals surface area contributed by atoms with Gasteiger partial charge in [0.1, 0.15) is 6.07 Å². The number of rotatable bonds is 2. The van der Waals surface area contributed by atoms with Crippen molar-refractivity contribution in [3.63, 3.8) is 0 Å². The highest BCUT2D eigenvalue weighted by atomic mass is 79.9. The second-order valence-electron chi connectivity index (χ2n) is 4.04. The van der Waals surface area contributed by atoms with Gasteiger partial charge in [-0.05, 0) is 32.4 Å². The smallest absolute Gasteiger partial charge is 0.240 e. The first-order chi connectivity index (χ1) is 7.36. The number of anilines is 1. The van der Waals surface area contributed by atoms with E-state index in [1.165, 1.54) is 0 Å². The summed E-state index contributed by atoms with van der Waals surface area (Å²) in [4.78, 5) is 11.7. The molecule has 0 atom stereocenters. The van der Waals surface area contributed by atoms with E-state index in [9.17, 15) is 4.79 Å². The van der Waals surface area contributed by atoms with E-state index in [1.54, 1.807) is 19.9 Å². The summed E-state index contributed by atoms with van der Waals surface area (Å²) in [5, 5.41) is 11.7. The number of hydrogen-bond acceptors (Lipinski definition) is 2. The van der Waals surface area contributed by atoms with E-state index in [0.29, 0.717) is 11.3 Å². The molecule has 1 aromatic carbocycles. The lowest BCUT2D eigenvalue weighted by Crippen LogP contribution is -2.31. The van der Waals surface area contributed by atoms with Crippen LogP contribution in [-0.2, 0) is 4.79 Å². The molecule has 84 valence electrons. The number of nitrogens with zero attached hydrogens (tertiary/aromatic N) is 1. The zero-order valence-corrected chi connectivity index (χ0v) is 11.1. The summed E-state index contributed by atoms with van der Waals surface area (Å²) in [6.45, 7) is 5.35. The van der Waals surface area contributed by atoms with E-state index in [-0.39, 0.29) is 5.91 Å². The molecule has 0 aliphatic carbocycles. The van der Waals surface area contributed by atoms with Gasteiger partial charge < -0.3 is 5.32 Å². The Kier molecular flexibility index (Phi) is 3.71. The fraction of sp³-hybridized carbons (Fsp3) is 0.333. The third kappa shape index (κ3) is 2.83. The summed E-state index contributed by atoms with van der Waals surface area (Å²) in [6, 6.07) is 7.47. The molecule has 0 aromatic heterocycles. The van der Waals surface area contributed by atoms with Crippen LogP contribution in [0.3, 0.4) is 0 Å². The molecule has 0 aliphatic heterocycles. The predicted octanol–water partition coefficient (Wildman–Crippen LogP) is 2.98. The Labute approximate surface area is 104 Å². The normalized spacial score (nSPS) is 10.7. The molecule has 16 heavy (non-hydrogen) atoms. The van der Waals surface area contributed by atoms with Crippen LogP contribution in [0.4, 0.5) is 5.69 Å². The van der Waals surface area contributed by atoms with Gasteiger partial charge in [-0.15, -0.1) is 0 Å². The van der Waals surface area contributed by atoms with Crippen LogP contribution in [0.25, 0.3) is 0 Å². The Hall–Kier alpha value is -1.34. The van der Waals surface area contributed by atoms with Crippen molar-refractivity contribution >= 4 is 27.5 Å². The van der Waals surface area contributed by atoms with Crippen LogP contribution in [-0.4, -0.2) is 10.2 Å². The molecule has 0 saturated heterocycles. The van der Waals surface area contributed by atoms with Crippen molar-refractivity contribution in [2.45, 2.75) is 25.1 Å². The highest BCUT2D eigenvalue weighted by molar-refractivity contribution is 9.10. The molecule has 1 amide bonds. The fourth-order valence-corrected chi connectivity index (χ4v) is 1.29. The van der Waals surface area contributed by atoms with Crippen molar-refractivity contribution in [3.05, 3.63) is 29.3 Å². The first kappa shape index (κ1) is 12.7. The van der Waals surface area contributed by atoms with Gasteiger partial charge in [-0.3, -0.25) is 4.79 Å². The molecule has 0 spiro atoms. The molecule has 1 aromatic rings. The third-order valence-electron chi connectivity index (χ3n) is 2.17. The van der Waals surface area contributed by atoms with E-state index in [0.717, 1.165) is 5.56 Å². The van der Waals surface area contributed by atoms with Gasteiger partial charge in [-0.1, -0.05) is 28.1 Å². The van der Waals surface area contributed by atoms with Crippen LogP contribution in [0.1, 0.15) is 25.0 Å². The van der Waals surface area contributed by atoms with Gasteiger partial charge in [0, 0.05) is 0 Å². The average Bonchev–Trinajstić information content (AvgIpc) is 2.16. The van der Waals surface area contributed by atoms with E-state index in [2.05, 4.69) is 27.3 Å². The minimum absolute atomic E-state index is 0.172. The quantitative estimate of drug-likeness (QED) is 0.847. The predicted molar refractivity (Wildman–Crippen MR) is 67.5 cm³/mol. The van der Waals surface area contributed by atoms with Gasteiger partial charge in [-0.2, -0.15) is 5.26 Å². The lowest BCUT2D eigenvalue weighted by molar-refractivity contribution is -0.117. The molecule has 0 saturated carbocycles. The van der Waals surface area contributed by atoms with Gasteiger partial charge in [0.2, 0.25) is 5.91 Å². The Morgan fingerprint density at radius 2 is 2.12 bits per heavy atom. The van der Waals surface area contributed by atoms with Crippen molar-refractivity contribution in [2.24, 2.45) is 0 Å². The zero-order valence-electron chi connectivity index (χ0n) is 9.47. The molecule has 0 unspecified atom stereocenters. The number of benzene rings is 1. The number of amides is 1. The maximum absolute atomic E-state index is 11.7. The molecule has 1 rings (SSSR count). The van der Waals surface area contributed by atoms with Gasteiger partial charge in [0.15, 0.2) is 0 Å². The molecular formula is C12H13BrN2O. The van der Waals surface area contributed by atoms with Crippen molar-refractivity contribution in [3.8, 4) is 6.07 Å². The van der Waals surface area contributed by atoms with Gasteiger partial charge in [0.25, 0.3) is 0 Å². The van der Waals surface area contributed by atoms with Crippen LogP contribution >= 0.6 is 15.9 Å².